The predicted octanol–water partition coefficient (Wildman–Crippen LogP) is 3.06. The van der Waals surface area contributed by atoms with Gasteiger partial charge in [0.25, 0.3) is 0 Å². The third kappa shape index (κ3) is 4.34. The van der Waals surface area contributed by atoms with Gasteiger partial charge in [-0.3, -0.25) is 0 Å². The molecule has 0 aliphatic heterocycles. The van der Waals surface area contributed by atoms with Crippen molar-refractivity contribution in [2.24, 2.45) is 0 Å². The maximum atomic E-state index is 5.37. The Labute approximate surface area is 129 Å². The predicted molar refractivity (Wildman–Crippen MR) is 87.2 cm³/mol. The van der Waals surface area contributed by atoms with Gasteiger partial charge in [-0.1, -0.05) is 6.92 Å². The number of methoxy groups -OCH3 is 2. The number of benzene rings is 1. The molecule has 114 valence electrons. The summed E-state index contributed by atoms with van der Waals surface area (Å²) in [5.74, 6) is 1.50. The molecule has 6 heteroatoms. The fourth-order valence-corrected chi connectivity index (χ4v) is 2.65. The smallest absolute Gasteiger partial charge is 0.187 e. The highest BCUT2D eigenvalue weighted by molar-refractivity contribution is 7.13. The highest BCUT2D eigenvalue weighted by Crippen LogP contribution is 2.32. The van der Waals surface area contributed by atoms with Crippen LogP contribution < -0.4 is 20.1 Å². The Kier molecular flexibility index (Phi) is 5.83. The first-order valence-corrected chi connectivity index (χ1v) is 7.79. The lowest BCUT2D eigenvalue weighted by atomic mass is 10.2. The molecule has 0 saturated carbocycles. The van der Waals surface area contributed by atoms with E-state index in [2.05, 4.69) is 27.9 Å². The summed E-state index contributed by atoms with van der Waals surface area (Å²) < 4.78 is 10.6. The van der Waals surface area contributed by atoms with E-state index in [4.69, 9.17) is 9.47 Å². The number of nitrogens with zero attached hydrogens (tertiary/aromatic N) is 1. The van der Waals surface area contributed by atoms with Gasteiger partial charge in [-0.2, -0.15) is 0 Å². The zero-order valence-electron chi connectivity index (χ0n) is 12.6. The largest absolute Gasteiger partial charge is 0.497 e. The van der Waals surface area contributed by atoms with Gasteiger partial charge in [0.05, 0.1) is 25.6 Å². The summed E-state index contributed by atoms with van der Waals surface area (Å²) in [4.78, 5) is 4.58. The molecule has 0 unspecified atom stereocenters. The molecule has 0 fully saturated rings. The standard InChI is InChI=1S/C15H21N3O2S/c1-4-16-8-7-11-10-21-15(17-11)18-13-6-5-12(19-2)9-14(13)20-3/h5-6,9-10,16H,4,7-8H2,1-3H3,(H,17,18). The minimum Gasteiger partial charge on any atom is -0.497 e. The van der Waals surface area contributed by atoms with Crippen LogP contribution in [-0.4, -0.2) is 32.3 Å². The van der Waals surface area contributed by atoms with E-state index in [1.165, 1.54) is 0 Å². The minimum atomic E-state index is 0.735. The van der Waals surface area contributed by atoms with E-state index in [1.807, 2.05) is 18.2 Å². The van der Waals surface area contributed by atoms with Crippen molar-refractivity contribution in [3.05, 3.63) is 29.3 Å². The van der Waals surface area contributed by atoms with Crippen LogP contribution in [0.1, 0.15) is 12.6 Å². The van der Waals surface area contributed by atoms with Gasteiger partial charge in [-0.15, -0.1) is 11.3 Å². The van der Waals surface area contributed by atoms with Gasteiger partial charge in [0.15, 0.2) is 5.13 Å². The molecule has 0 aliphatic rings. The molecule has 0 amide bonds. The first-order valence-electron chi connectivity index (χ1n) is 6.91. The van der Waals surface area contributed by atoms with Crippen molar-refractivity contribution in [2.45, 2.75) is 13.3 Å². The first-order chi connectivity index (χ1) is 10.3. The van der Waals surface area contributed by atoms with Crippen LogP contribution in [-0.2, 0) is 6.42 Å². The molecule has 21 heavy (non-hydrogen) atoms. The molecule has 0 saturated heterocycles. The summed E-state index contributed by atoms with van der Waals surface area (Å²) in [5, 5.41) is 9.53. The van der Waals surface area contributed by atoms with Crippen molar-refractivity contribution in [2.75, 3.05) is 32.6 Å². The van der Waals surface area contributed by atoms with E-state index < -0.39 is 0 Å². The third-order valence-corrected chi connectivity index (χ3v) is 3.82. The normalized spacial score (nSPS) is 10.4. The van der Waals surface area contributed by atoms with Crippen LogP contribution in [0.4, 0.5) is 10.8 Å². The van der Waals surface area contributed by atoms with Crippen molar-refractivity contribution < 1.29 is 9.47 Å². The number of ether oxygens (including phenoxy) is 2. The average Bonchev–Trinajstić information content (AvgIpc) is 2.95. The number of nitrogens with one attached hydrogen (secondary N) is 2. The molecular weight excluding hydrogens is 286 g/mol. The zero-order chi connectivity index (χ0) is 15.1. The molecule has 0 atom stereocenters. The van der Waals surface area contributed by atoms with Crippen molar-refractivity contribution in [1.29, 1.82) is 0 Å². The van der Waals surface area contributed by atoms with E-state index in [0.29, 0.717) is 0 Å². The molecule has 1 aromatic heterocycles. The highest BCUT2D eigenvalue weighted by atomic mass is 32.1. The van der Waals surface area contributed by atoms with Crippen molar-refractivity contribution in [1.82, 2.24) is 10.3 Å². The van der Waals surface area contributed by atoms with Gasteiger partial charge in [-0.25, -0.2) is 4.98 Å². The van der Waals surface area contributed by atoms with E-state index >= 15 is 0 Å². The molecule has 0 bridgehead atoms. The Balaban J connectivity index is 2.04. The summed E-state index contributed by atoms with van der Waals surface area (Å²) >= 11 is 1.59. The minimum absolute atomic E-state index is 0.735. The molecule has 5 nitrogen and oxygen atoms in total. The Bertz CT molecular complexity index is 572. The van der Waals surface area contributed by atoms with Gasteiger partial charge in [-0.05, 0) is 18.7 Å². The number of rotatable bonds is 8. The molecule has 0 radical (unpaired) electrons. The maximum absolute atomic E-state index is 5.37. The molecule has 2 aromatic rings. The second-order valence-corrected chi connectivity index (χ2v) is 5.30. The third-order valence-electron chi connectivity index (χ3n) is 3.01. The SMILES string of the molecule is CCNCCc1csc(Nc2ccc(OC)cc2OC)n1. The number of likely N-dealkylation sites (N-methyl/N-ethyl adjacent to an activating group) is 1. The Morgan fingerprint density at radius 3 is 2.81 bits per heavy atom. The number of thiazole rings is 1. The van der Waals surface area contributed by atoms with E-state index in [0.717, 1.165) is 47.5 Å². The Morgan fingerprint density at radius 1 is 1.24 bits per heavy atom. The van der Waals surface area contributed by atoms with Gasteiger partial charge < -0.3 is 20.1 Å². The average molecular weight is 307 g/mol. The van der Waals surface area contributed by atoms with Crippen LogP contribution in [0.15, 0.2) is 23.6 Å². The number of hydrogen-bond donors (Lipinski definition) is 2. The maximum Gasteiger partial charge on any atom is 0.187 e. The molecule has 2 N–H and O–H groups in total. The number of aromatic nitrogens is 1. The Hall–Kier alpha value is -1.79. The number of anilines is 2. The Morgan fingerprint density at radius 2 is 2.10 bits per heavy atom. The monoisotopic (exact) mass is 307 g/mol. The summed E-state index contributed by atoms with van der Waals surface area (Å²) in [6.45, 7) is 4.04. The van der Waals surface area contributed by atoms with Crippen LogP contribution in [0.5, 0.6) is 11.5 Å². The van der Waals surface area contributed by atoms with E-state index in [-0.39, 0.29) is 0 Å². The lowest BCUT2D eigenvalue weighted by Crippen LogP contribution is -2.16. The van der Waals surface area contributed by atoms with Gasteiger partial charge in [0.1, 0.15) is 11.5 Å². The highest BCUT2D eigenvalue weighted by Gasteiger charge is 2.08. The molecule has 2 rings (SSSR count). The topological polar surface area (TPSA) is 55.4 Å². The zero-order valence-corrected chi connectivity index (χ0v) is 13.4. The fraction of sp³-hybridized carbons (Fsp3) is 0.400. The second-order valence-electron chi connectivity index (χ2n) is 4.44. The van der Waals surface area contributed by atoms with Crippen LogP contribution in [0, 0.1) is 0 Å². The van der Waals surface area contributed by atoms with Gasteiger partial charge >= 0.3 is 0 Å². The molecule has 0 aliphatic carbocycles. The molecule has 0 spiro atoms. The quantitative estimate of drug-likeness (QED) is 0.734. The van der Waals surface area contributed by atoms with Crippen LogP contribution in [0.2, 0.25) is 0 Å². The van der Waals surface area contributed by atoms with Crippen molar-refractivity contribution >= 4 is 22.2 Å². The molecule has 1 aromatic carbocycles. The van der Waals surface area contributed by atoms with Crippen LogP contribution in [0.25, 0.3) is 0 Å². The summed E-state index contributed by atoms with van der Waals surface area (Å²) in [5.41, 5.74) is 1.97. The van der Waals surface area contributed by atoms with Gasteiger partial charge in [0, 0.05) is 24.4 Å². The lowest BCUT2D eigenvalue weighted by molar-refractivity contribution is 0.395. The molecular formula is C15H21N3O2S. The van der Waals surface area contributed by atoms with Crippen LogP contribution in [0.3, 0.4) is 0 Å². The molecule has 1 heterocycles. The van der Waals surface area contributed by atoms with Crippen molar-refractivity contribution in [3.8, 4) is 11.5 Å². The fourth-order valence-electron chi connectivity index (χ4n) is 1.89. The summed E-state index contributed by atoms with van der Waals surface area (Å²) in [6.07, 6.45) is 0.936. The lowest BCUT2D eigenvalue weighted by Gasteiger charge is -2.10. The first kappa shape index (κ1) is 15.6. The van der Waals surface area contributed by atoms with E-state index in [9.17, 15) is 0 Å². The summed E-state index contributed by atoms with van der Waals surface area (Å²) in [7, 11) is 3.28. The summed E-state index contributed by atoms with van der Waals surface area (Å²) in [6, 6.07) is 5.67. The second kappa shape index (κ2) is 7.85. The number of hydrogen-bond acceptors (Lipinski definition) is 6. The van der Waals surface area contributed by atoms with E-state index in [1.54, 1.807) is 25.6 Å². The van der Waals surface area contributed by atoms with Gasteiger partial charge in [0.2, 0.25) is 0 Å². The van der Waals surface area contributed by atoms with Crippen LogP contribution >= 0.6 is 11.3 Å². The van der Waals surface area contributed by atoms with Crippen molar-refractivity contribution in [3.63, 3.8) is 0 Å².